The van der Waals surface area contributed by atoms with Crippen LogP contribution in [0, 0.1) is 0 Å². The summed E-state index contributed by atoms with van der Waals surface area (Å²) in [6.45, 7) is 7.27. The molecule has 2 N–H and O–H groups in total. The first-order valence-corrected chi connectivity index (χ1v) is 6.49. The third-order valence-corrected chi connectivity index (χ3v) is 3.34. The molecule has 1 atom stereocenters. The number of rotatable bonds is 4. The predicted molar refractivity (Wildman–Crippen MR) is 71.1 cm³/mol. The molecule has 2 heteroatoms. The van der Waals surface area contributed by atoms with Crippen LogP contribution >= 0.6 is 0 Å². The molecule has 0 amide bonds. The molecule has 2 rings (SSSR count). The Morgan fingerprint density at radius 1 is 1.24 bits per heavy atom. The van der Waals surface area contributed by atoms with Gasteiger partial charge in [0.05, 0.1) is 6.10 Å². The lowest BCUT2D eigenvalue weighted by molar-refractivity contribution is 0.174. The van der Waals surface area contributed by atoms with E-state index in [2.05, 4.69) is 38.2 Å². The van der Waals surface area contributed by atoms with Gasteiger partial charge in [-0.1, -0.05) is 45.0 Å². The molecular formula is C15H23NO. The first kappa shape index (κ1) is 12.6. The van der Waals surface area contributed by atoms with E-state index >= 15 is 0 Å². The van der Waals surface area contributed by atoms with Crippen LogP contribution in [0.1, 0.15) is 50.8 Å². The summed E-state index contributed by atoms with van der Waals surface area (Å²) in [6, 6.07) is 8.98. The van der Waals surface area contributed by atoms with Crippen molar-refractivity contribution in [3.8, 4) is 0 Å². The van der Waals surface area contributed by atoms with Crippen LogP contribution in [0.3, 0.4) is 0 Å². The highest BCUT2D eigenvalue weighted by molar-refractivity contribution is 5.28. The molecule has 0 spiro atoms. The maximum absolute atomic E-state index is 10.0. The van der Waals surface area contributed by atoms with Crippen LogP contribution in [0.5, 0.6) is 0 Å². The van der Waals surface area contributed by atoms with Crippen LogP contribution in [0.2, 0.25) is 0 Å². The first-order chi connectivity index (χ1) is 7.97. The fraction of sp³-hybridized carbons (Fsp3) is 0.600. The van der Waals surface area contributed by atoms with Crippen LogP contribution in [-0.4, -0.2) is 17.7 Å². The minimum atomic E-state index is -0.385. The Morgan fingerprint density at radius 2 is 1.82 bits per heavy atom. The second-order valence-corrected chi connectivity index (χ2v) is 6.07. The average molecular weight is 233 g/mol. The molecule has 17 heavy (non-hydrogen) atoms. The summed E-state index contributed by atoms with van der Waals surface area (Å²) in [7, 11) is 0. The zero-order valence-corrected chi connectivity index (χ0v) is 11.0. The Bertz CT molecular complexity index is 360. The summed E-state index contributed by atoms with van der Waals surface area (Å²) in [5.74, 6) is 0. The highest BCUT2D eigenvalue weighted by Gasteiger charge is 2.21. The van der Waals surface area contributed by atoms with Crippen molar-refractivity contribution in [2.75, 3.05) is 6.54 Å². The summed E-state index contributed by atoms with van der Waals surface area (Å²) in [5, 5.41) is 13.4. The SMILES string of the molecule is CC(C)(C)c1ccc(C(O)CNC2CC2)cc1. The summed E-state index contributed by atoms with van der Waals surface area (Å²) in [6.07, 6.45) is 2.13. The molecule has 1 saturated carbocycles. The van der Waals surface area contributed by atoms with E-state index in [-0.39, 0.29) is 11.5 Å². The lowest BCUT2D eigenvalue weighted by Gasteiger charge is -2.20. The summed E-state index contributed by atoms with van der Waals surface area (Å²) < 4.78 is 0. The van der Waals surface area contributed by atoms with Gasteiger partial charge in [0.1, 0.15) is 0 Å². The van der Waals surface area contributed by atoms with Crippen LogP contribution in [0.25, 0.3) is 0 Å². The van der Waals surface area contributed by atoms with Gasteiger partial charge in [0.2, 0.25) is 0 Å². The smallest absolute Gasteiger partial charge is 0.0914 e. The molecule has 0 saturated heterocycles. The van der Waals surface area contributed by atoms with Gasteiger partial charge in [-0.05, 0) is 29.4 Å². The Balaban J connectivity index is 1.96. The first-order valence-electron chi connectivity index (χ1n) is 6.49. The second-order valence-electron chi connectivity index (χ2n) is 6.07. The fourth-order valence-electron chi connectivity index (χ4n) is 1.89. The van der Waals surface area contributed by atoms with Gasteiger partial charge in [-0.25, -0.2) is 0 Å². The third kappa shape index (κ3) is 3.55. The third-order valence-electron chi connectivity index (χ3n) is 3.34. The van der Waals surface area contributed by atoms with E-state index in [1.807, 2.05) is 12.1 Å². The molecule has 1 aromatic rings. The lowest BCUT2D eigenvalue weighted by atomic mass is 9.86. The van der Waals surface area contributed by atoms with Crippen molar-refractivity contribution >= 4 is 0 Å². The summed E-state index contributed by atoms with van der Waals surface area (Å²) in [4.78, 5) is 0. The second kappa shape index (κ2) is 4.79. The quantitative estimate of drug-likeness (QED) is 0.838. The Kier molecular flexibility index (Phi) is 3.55. The summed E-state index contributed by atoms with van der Waals surface area (Å²) in [5.41, 5.74) is 2.49. The van der Waals surface area contributed by atoms with Crippen molar-refractivity contribution in [2.45, 2.75) is 51.2 Å². The highest BCUT2D eigenvalue weighted by Crippen LogP contribution is 2.24. The monoisotopic (exact) mass is 233 g/mol. The van der Waals surface area contributed by atoms with Crippen molar-refractivity contribution in [1.82, 2.24) is 5.32 Å². The average Bonchev–Trinajstić information content (AvgIpc) is 3.09. The molecule has 1 aliphatic rings. The number of benzene rings is 1. The van der Waals surface area contributed by atoms with Crippen LogP contribution in [0.15, 0.2) is 24.3 Å². The van der Waals surface area contributed by atoms with Gasteiger partial charge < -0.3 is 10.4 Å². The fourth-order valence-corrected chi connectivity index (χ4v) is 1.89. The van der Waals surface area contributed by atoms with Crippen LogP contribution in [-0.2, 0) is 5.41 Å². The zero-order valence-electron chi connectivity index (χ0n) is 11.0. The van der Waals surface area contributed by atoms with Crippen molar-refractivity contribution in [1.29, 1.82) is 0 Å². The van der Waals surface area contributed by atoms with Crippen molar-refractivity contribution in [3.63, 3.8) is 0 Å². The Hall–Kier alpha value is -0.860. The Morgan fingerprint density at radius 3 is 2.29 bits per heavy atom. The molecule has 1 fully saturated rings. The number of aliphatic hydroxyl groups excluding tert-OH is 1. The van der Waals surface area contributed by atoms with Gasteiger partial charge in [-0.15, -0.1) is 0 Å². The normalized spacial score (nSPS) is 18.1. The van der Waals surface area contributed by atoms with Gasteiger partial charge in [-0.2, -0.15) is 0 Å². The van der Waals surface area contributed by atoms with Crippen molar-refractivity contribution in [3.05, 3.63) is 35.4 Å². The molecule has 0 aliphatic heterocycles. The molecule has 0 heterocycles. The highest BCUT2D eigenvalue weighted by atomic mass is 16.3. The minimum Gasteiger partial charge on any atom is -0.387 e. The number of hydrogen-bond donors (Lipinski definition) is 2. The van der Waals surface area contributed by atoms with E-state index in [0.29, 0.717) is 12.6 Å². The van der Waals surface area contributed by atoms with E-state index in [9.17, 15) is 5.11 Å². The van der Waals surface area contributed by atoms with Gasteiger partial charge in [-0.3, -0.25) is 0 Å². The van der Waals surface area contributed by atoms with Gasteiger partial charge in [0.15, 0.2) is 0 Å². The maximum atomic E-state index is 10.0. The molecular weight excluding hydrogens is 210 g/mol. The molecule has 0 aromatic heterocycles. The number of nitrogens with one attached hydrogen (secondary N) is 1. The zero-order chi connectivity index (χ0) is 12.5. The molecule has 0 bridgehead atoms. The number of aliphatic hydroxyl groups is 1. The van der Waals surface area contributed by atoms with Gasteiger partial charge >= 0.3 is 0 Å². The van der Waals surface area contributed by atoms with Crippen LogP contribution < -0.4 is 5.32 Å². The minimum absolute atomic E-state index is 0.176. The number of hydrogen-bond acceptors (Lipinski definition) is 2. The van der Waals surface area contributed by atoms with Gasteiger partial charge in [0, 0.05) is 12.6 Å². The van der Waals surface area contributed by atoms with E-state index < -0.39 is 0 Å². The van der Waals surface area contributed by atoms with E-state index in [0.717, 1.165) is 5.56 Å². The van der Waals surface area contributed by atoms with E-state index in [4.69, 9.17) is 0 Å². The molecule has 1 unspecified atom stereocenters. The lowest BCUT2D eigenvalue weighted by Crippen LogP contribution is -2.23. The van der Waals surface area contributed by atoms with Gasteiger partial charge in [0.25, 0.3) is 0 Å². The molecule has 1 aliphatic carbocycles. The topological polar surface area (TPSA) is 32.3 Å². The van der Waals surface area contributed by atoms with Crippen molar-refractivity contribution < 1.29 is 5.11 Å². The Labute approximate surface area is 104 Å². The van der Waals surface area contributed by atoms with Crippen molar-refractivity contribution in [2.24, 2.45) is 0 Å². The molecule has 2 nitrogen and oxygen atoms in total. The molecule has 1 aromatic carbocycles. The molecule has 94 valence electrons. The maximum Gasteiger partial charge on any atom is 0.0914 e. The van der Waals surface area contributed by atoms with Crippen LogP contribution in [0.4, 0.5) is 0 Å². The van der Waals surface area contributed by atoms with E-state index in [1.165, 1.54) is 18.4 Å². The standard InChI is InChI=1S/C15H23NO/c1-15(2,3)12-6-4-11(5-7-12)14(17)10-16-13-8-9-13/h4-7,13-14,16-17H,8-10H2,1-3H3. The van der Waals surface area contributed by atoms with E-state index in [1.54, 1.807) is 0 Å². The predicted octanol–water partition coefficient (Wildman–Crippen LogP) is 2.77. The summed E-state index contributed by atoms with van der Waals surface area (Å²) >= 11 is 0. The molecule has 0 radical (unpaired) electrons. The largest absolute Gasteiger partial charge is 0.387 e.